The maximum atomic E-state index is 13.1. The van der Waals surface area contributed by atoms with Crippen LogP contribution in [0.4, 0.5) is 5.69 Å². The topological polar surface area (TPSA) is 93.5 Å². The molecule has 1 N–H and O–H groups in total. The third-order valence-electron chi connectivity index (χ3n) is 5.36. The van der Waals surface area contributed by atoms with Gasteiger partial charge < -0.3 is 15.0 Å². The van der Waals surface area contributed by atoms with Crippen molar-refractivity contribution in [3.63, 3.8) is 0 Å². The molecule has 2 aliphatic rings. The monoisotopic (exact) mass is 396 g/mol. The maximum absolute atomic E-state index is 13.1. The largest absolute Gasteiger partial charge is 0.376 e. The van der Waals surface area contributed by atoms with E-state index in [4.69, 9.17) is 4.74 Å². The van der Waals surface area contributed by atoms with Gasteiger partial charge in [-0.2, -0.15) is 5.10 Å². The molecule has 3 heterocycles. The minimum atomic E-state index is -0.427. The van der Waals surface area contributed by atoms with E-state index in [-0.39, 0.29) is 36.2 Å². The molecule has 2 atom stereocenters. The van der Waals surface area contributed by atoms with Gasteiger partial charge in [-0.1, -0.05) is 18.2 Å². The normalized spacial score (nSPS) is 20.5. The highest BCUT2D eigenvalue weighted by Crippen LogP contribution is 2.32. The molecular weight excluding hydrogens is 372 g/mol. The highest BCUT2D eigenvalue weighted by atomic mass is 16.5. The number of anilines is 1. The number of aromatic nitrogens is 2. The number of nitrogens with zero attached hydrogens (tertiary/aromatic N) is 3. The van der Waals surface area contributed by atoms with E-state index in [0.29, 0.717) is 13.2 Å². The van der Waals surface area contributed by atoms with Crippen LogP contribution in [0.3, 0.4) is 0 Å². The maximum Gasteiger partial charge on any atom is 0.278 e. The summed E-state index contributed by atoms with van der Waals surface area (Å²) in [5, 5.41) is 6.93. The van der Waals surface area contributed by atoms with Crippen molar-refractivity contribution >= 4 is 17.5 Å². The van der Waals surface area contributed by atoms with Crippen LogP contribution < -0.4 is 15.8 Å². The Morgan fingerprint density at radius 1 is 1.24 bits per heavy atom. The molecule has 0 bridgehead atoms. The number of amides is 2. The van der Waals surface area contributed by atoms with Crippen molar-refractivity contribution in [3.05, 3.63) is 58.0 Å². The SMILES string of the molecule is C[C@H]1Cc2ccccc2N1C(=O)c1ccc(=O)n(CC(=O)NC[C@@H]2CCCO2)n1. The molecule has 0 saturated carbocycles. The summed E-state index contributed by atoms with van der Waals surface area (Å²) >= 11 is 0. The summed E-state index contributed by atoms with van der Waals surface area (Å²) in [7, 11) is 0. The number of hydrogen-bond acceptors (Lipinski definition) is 5. The molecule has 2 amide bonds. The molecule has 1 aromatic heterocycles. The van der Waals surface area contributed by atoms with E-state index in [1.54, 1.807) is 4.90 Å². The van der Waals surface area contributed by atoms with Gasteiger partial charge in [0, 0.05) is 30.9 Å². The van der Waals surface area contributed by atoms with Crippen LogP contribution in [0, 0.1) is 0 Å². The third-order valence-corrected chi connectivity index (χ3v) is 5.36. The number of rotatable bonds is 5. The lowest BCUT2D eigenvalue weighted by molar-refractivity contribution is -0.122. The fourth-order valence-electron chi connectivity index (χ4n) is 3.90. The van der Waals surface area contributed by atoms with E-state index in [0.717, 1.165) is 35.2 Å². The molecule has 152 valence electrons. The van der Waals surface area contributed by atoms with Crippen LogP contribution in [0.2, 0.25) is 0 Å². The summed E-state index contributed by atoms with van der Waals surface area (Å²) in [5.41, 5.74) is 1.68. The van der Waals surface area contributed by atoms with Gasteiger partial charge in [-0.3, -0.25) is 14.4 Å². The van der Waals surface area contributed by atoms with Gasteiger partial charge in [0.1, 0.15) is 12.2 Å². The van der Waals surface area contributed by atoms with Gasteiger partial charge in [0.25, 0.3) is 11.5 Å². The minimum absolute atomic E-state index is 0.00297. The summed E-state index contributed by atoms with van der Waals surface area (Å²) in [5.74, 6) is -0.615. The van der Waals surface area contributed by atoms with Crippen molar-refractivity contribution in [2.45, 2.75) is 44.9 Å². The highest BCUT2D eigenvalue weighted by Gasteiger charge is 2.32. The number of carbonyl (C=O) groups excluding carboxylic acids is 2. The van der Waals surface area contributed by atoms with Gasteiger partial charge in [-0.25, -0.2) is 4.68 Å². The molecular formula is C21H24N4O4. The standard InChI is InChI=1S/C21H24N4O4/c1-14-11-15-5-2-3-7-18(15)25(14)21(28)17-8-9-20(27)24(23-17)13-19(26)22-12-16-6-4-10-29-16/h2-3,5,7-9,14,16H,4,6,10-13H2,1H3,(H,22,26)/t14-,16-/m0/s1. The molecule has 29 heavy (non-hydrogen) atoms. The lowest BCUT2D eigenvalue weighted by Gasteiger charge is -2.22. The molecule has 1 fully saturated rings. The van der Waals surface area contributed by atoms with Crippen LogP contribution in [-0.2, 0) is 22.5 Å². The first-order valence-corrected chi connectivity index (χ1v) is 9.91. The molecule has 0 spiro atoms. The summed E-state index contributed by atoms with van der Waals surface area (Å²) in [4.78, 5) is 39.2. The minimum Gasteiger partial charge on any atom is -0.376 e. The Hall–Kier alpha value is -3.00. The molecule has 4 rings (SSSR count). The van der Waals surface area contributed by atoms with Crippen molar-refractivity contribution in [3.8, 4) is 0 Å². The second-order valence-corrected chi connectivity index (χ2v) is 7.51. The first-order chi connectivity index (χ1) is 14.0. The van der Waals surface area contributed by atoms with Crippen LogP contribution in [0.25, 0.3) is 0 Å². The first-order valence-electron chi connectivity index (χ1n) is 9.91. The lowest BCUT2D eigenvalue weighted by Crippen LogP contribution is -2.40. The summed E-state index contributed by atoms with van der Waals surface area (Å²) < 4.78 is 6.51. The zero-order chi connectivity index (χ0) is 20.4. The second-order valence-electron chi connectivity index (χ2n) is 7.51. The van der Waals surface area contributed by atoms with Crippen molar-refractivity contribution in [1.82, 2.24) is 15.1 Å². The Bertz CT molecular complexity index is 981. The Balaban J connectivity index is 1.48. The van der Waals surface area contributed by atoms with Crippen molar-refractivity contribution in [2.75, 3.05) is 18.1 Å². The van der Waals surface area contributed by atoms with E-state index in [1.165, 1.54) is 12.1 Å². The Kier molecular flexibility index (Phi) is 5.44. The molecule has 8 heteroatoms. The van der Waals surface area contributed by atoms with Gasteiger partial charge in [-0.15, -0.1) is 0 Å². The average molecular weight is 396 g/mol. The molecule has 2 aromatic rings. The number of nitrogens with one attached hydrogen (secondary N) is 1. The zero-order valence-electron chi connectivity index (χ0n) is 16.3. The predicted octanol–water partition coefficient (Wildman–Crippen LogP) is 1.13. The van der Waals surface area contributed by atoms with Crippen LogP contribution in [0.5, 0.6) is 0 Å². The average Bonchev–Trinajstić information content (AvgIpc) is 3.34. The zero-order valence-corrected chi connectivity index (χ0v) is 16.3. The number of ether oxygens (including phenoxy) is 1. The Morgan fingerprint density at radius 3 is 2.86 bits per heavy atom. The van der Waals surface area contributed by atoms with E-state index in [9.17, 15) is 14.4 Å². The van der Waals surface area contributed by atoms with Crippen LogP contribution in [0.15, 0.2) is 41.2 Å². The summed E-state index contributed by atoms with van der Waals surface area (Å²) in [6.45, 7) is 2.86. The van der Waals surface area contributed by atoms with Crippen LogP contribution >= 0.6 is 0 Å². The fourth-order valence-corrected chi connectivity index (χ4v) is 3.90. The number of hydrogen-bond donors (Lipinski definition) is 1. The molecule has 0 radical (unpaired) electrons. The van der Waals surface area contributed by atoms with Crippen molar-refractivity contribution < 1.29 is 14.3 Å². The van der Waals surface area contributed by atoms with E-state index >= 15 is 0 Å². The number of benzene rings is 1. The second kappa shape index (κ2) is 8.16. The lowest BCUT2D eigenvalue weighted by atomic mass is 10.1. The first kappa shape index (κ1) is 19.3. The van der Waals surface area contributed by atoms with Gasteiger partial charge in [-0.05, 0) is 43.9 Å². The third kappa shape index (κ3) is 4.07. The summed E-state index contributed by atoms with van der Waals surface area (Å²) in [6, 6.07) is 10.4. The van der Waals surface area contributed by atoms with Gasteiger partial charge in [0.05, 0.1) is 6.10 Å². The molecule has 1 aromatic carbocycles. The van der Waals surface area contributed by atoms with Crippen molar-refractivity contribution in [2.24, 2.45) is 0 Å². The predicted molar refractivity (Wildman–Crippen MR) is 107 cm³/mol. The highest BCUT2D eigenvalue weighted by molar-refractivity contribution is 6.06. The number of fused-ring (bicyclic) bond motifs is 1. The fraction of sp³-hybridized carbons (Fsp3) is 0.429. The molecule has 1 saturated heterocycles. The van der Waals surface area contributed by atoms with Crippen LogP contribution in [0.1, 0.15) is 35.8 Å². The van der Waals surface area contributed by atoms with E-state index < -0.39 is 5.56 Å². The number of para-hydroxylation sites is 1. The number of carbonyl (C=O) groups is 2. The Morgan fingerprint density at radius 2 is 2.07 bits per heavy atom. The molecule has 0 unspecified atom stereocenters. The molecule has 2 aliphatic heterocycles. The Labute approximate surface area is 168 Å². The molecule has 8 nitrogen and oxygen atoms in total. The van der Waals surface area contributed by atoms with E-state index in [1.807, 2.05) is 31.2 Å². The quantitative estimate of drug-likeness (QED) is 0.818. The van der Waals surface area contributed by atoms with Crippen LogP contribution in [-0.4, -0.2) is 46.9 Å². The van der Waals surface area contributed by atoms with E-state index in [2.05, 4.69) is 10.4 Å². The summed E-state index contributed by atoms with van der Waals surface area (Å²) in [6.07, 6.45) is 2.70. The van der Waals surface area contributed by atoms with Crippen molar-refractivity contribution in [1.29, 1.82) is 0 Å². The molecule has 0 aliphatic carbocycles. The van der Waals surface area contributed by atoms with Gasteiger partial charge >= 0.3 is 0 Å². The van der Waals surface area contributed by atoms with Gasteiger partial charge in [0.15, 0.2) is 0 Å². The van der Waals surface area contributed by atoms with Gasteiger partial charge in [0.2, 0.25) is 5.91 Å². The smallest absolute Gasteiger partial charge is 0.278 e.